The van der Waals surface area contributed by atoms with Crippen molar-refractivity contribution in [1.82, 2.24) is 0 Å². The second-order valence-corrected chi connectivity index (χ2v) is 5.05. The number of para-hydroxylation sites is 1. The fourth-order valence-electron chi connectivity index (χ4n) is 1.46. The molecule has 0 heterocycles. The maximum Gasteiger partial charge on any atom is 0.255 e. The maximum absolute atomic E-state index is 13.6. The Kier molecular flexibility index (Phi) is 4.21. The van der Waals surface area contributed by atoms with Gasteiger partial charge in [-0.15, -0.1) is 12.6 Å². The lowest BCUT2D eigenvalue weighted by atomic mass is 10.2. The number of hydrogen-bond donors (Lipinski definition) is 2. The molecule has 6 heteroatoms. The molecule has 0 aliphatic carbocycles. The van der Waals surface area contributed by atoms with Gasteiger partial charge in [-0.2, -0.15) is 0 Å². The van der Waals surface area contributed by atoms with Gasteiger partial charge in [0.2, 0.25) is 0 Å². The fraction of sp³-hybridized carbons (Fsp3) is 0. The molecule has 1 N–H and O–H groups in total. The van der Waals surface area contributed by atoms with Crippen molar-refractivity contribution >= 4 is 40.2 Å². The smallest absolute Gasteiger partial charge is 0.255 e. The summed E-state index contributed by atoms with van der Waals surface area (Å²) in [6.07, 6.45) is 0. The van der Waals surface area contributed by atoms with Crippen molar-refractivity contribution in [2.24, 2.45) is 0 Å². The lowest BCUT2D eigenvalue weighted by Gasteiger charge is -2.09. The molecule has 19 heavy (non-hydrogen) atoms. The summed E-state index contributed by atoms with van der Waals surface area (Å²) in [5.41, 5.74) is 0.235. The number of carbonyl (C=O) groups is 1. The Labute approximate surface area is 122 Å². The predicted molar refractivity (Wildman–Crippen MR) is 75.7 cm³/mol. The van der Waals surface area contributed by atoms with E-state index in [0.29, 0.717) is 4.47 Å². The SMILES string of the molecule is O=C(Nc1c(F)cccc1Br)c1ccc(F)c(S)c1. The van der Waals surface area contributed by atoms with E-state index < -0.39 is 17.5 Å². The Balaban J connectivity index is 2.28. The van der Waals surface area contributed by atoms with Gasteiger partial charge in [0.15, 0.2) is 0 Å². The van der Waals surface area contributed by atoms with Gasteiger partial charge in [-0.1, -0.05) is 6.07 Å². The van der Waals surface area contributed by atoms with Crippen LogP contribution in [0.1, 0.15) is 10.4 Å². The van der Waals surface area contributed by atoms with Crippen LogP contribution >= 0.6 is 28.6 Å². The van der Waals surface area contributed by atoms with Crippen LogP contribution in [-0.4, -0.2) is 5.91 Å². The molecule has 0 radical (unpaired) electrons. The van der Waals surface area contributed by atoms with Crippen molar-refractivity contribution in [2.75, 3.05) is 5.32 Å². The zero-order valence-electron chi connectivity index (χ0n) is 9.45. The van der Waals surface area contributed by atoms with Crippen LogP contribution in [0.5, 0.6) is 0 Å². The molecule has 0 aliphatic rings. The molecular formula is C13H8BrF2NOS. The number of thiol groups is 1. The van der Waals surface area contributed by atoms with E-state index in [1.807, 2.05) is 0 Å². The number of amides is 1. The second-order valence-electron chi connectivity index (χ2n) is 3.72. The maximum atomic E-state index is 13.6. The lowest BCUT2D eigenvalue weighted by molar-refractivity contribution is 0.102. The number of rotatable bonds is 2. The minimum atomic E-state index is -0.559. The van der Waals surface area contributed by atoms with Crippen LogP contribution in [0.15, 0.2) is 45.8 Å². The van der Waals surface area contributed by atoms with Crippen LogP contribution in [0.4, 0.5) is 14.5 Å². The Bertz CT molecular complexity index is 628. The van der Waals surface area contributed by atoms with Gasteiger partial charge < -0.3 is 5.32 Å². The molecule has 0 unspecified atom stereocenters. The van der Waals surface area contributed by atoms with E-state index in [9.17, 15) is 13.6 Å². The molecule has 0 saturated heterocycles. The van der Waals surface area contributed by atoms with Crippen molar-refractivity contribution in [3.05, 3.63) is 58.1 Å². The number of anilines is 1. The van der Waals surface area contributed by atoms with Crippen molar-refractivity contribution in [2.45, 2.75) is 4.90 Å². The van der Waals surface area contributed by atoms with E-state index in [-0.39, 0.29) is 16.1 Å². The molecule has 0 atom stereocenters. The average molecular weight is 344 g/mol. The van der Waals surface area contributed by atoms with Crippen LogP contribution in [-0.2, 0) is 0 Å². The van der Waals surface area contributed by atoms with Gasteiger partial charge in [0.25, 0.3) is 5.91 Å². The Morgan fingerprint density at radius 3 is 2.53 bits per heavy atom. The van der Waals surface area contributed by atoms with E-state index >= 15 is 0 Å². The van der Waals surface area contributed by atoms with E-state index in [1.54, 1.807) is 6.07 Å². The van der Waals surface area contributed by atoms with Gasteiger partial charge in [-0.05, 0) is 46.3 Å². The van der Waals surface area contributed by atoms with Crippen molar-refractivity contribution in [1.29, 1.82) is 0 Å². The molecule has 2 nitrogen and oxygen atoms in total. The van der Waals surface area contributed by atoms with Crippen LogP contribution in [0.3, 0.4) is 0 Å². The molecule has 0 fully saturated rings. The minimum absolute atomic E-state index is 0.0394. The van der Waals surface area contributed by atoms with Crippen LogP contribution < -0.4 is 5.32 Å². The van der Waals surface area contributed by atoms with Crippen molar-refractivity contribution < 1.29 is 13.6 Å². The zero-order chi connectivity index (χ0) is 14.0. The molecule has 0 aromatic heterocycles. The van der Waals surface area contributed by atoms with Gasteiger partial charge in [-0.3, -0.25) is 4.79 Å². The third-order valence-corrected chi connectivity index (χ3v) is 3.41. The van der Waals surface area contributed by atoms with Gasteiger partial charge in [0.05, 0.1) is 5.69 Å². The molecule has 2 rings (SSSR count). The highest BCUT2D eigenvalue weighted by atomic mass is 79.9. The van der Waals surface area contributed by atoms with Crippen LogP contribution in [0.25, 0.3) is 0 Å². The predicted octanol–water partition coefficient (Wildman–Crippen LogP) is 4.27. The molecule has 98 valence electrons. The largest absolute Gasteiger partial charge is 0.319 e. The number of nitrogens with one attached hydrogen (secondary N) is 1. The van der Waals surface area contributed by atoms with E-state index in [0.717, 1.165) is 6.07 Å². The van der Waals surface area contributed by atoms with Gasteiger partial charge in [-0.25, -0.2) is 8.78 Å². The topological polar surface area (TPSA) is 29.1 Å². The van der Waals surface area contributed by atoms with Crippen molar-refractivity contribution in [3.8, 4) is 0 Å². The van der Waals surface area contributed by atoms with E-state index in [2.05, 4.69) is 33.9 Å². The summed E-state index contributed by atoms with van der Waals surface area (Å²) in [6, 6.07) is 8.07. The Morgan fingerprint density at radius 2 is 1.89 bits per heavy atom. The molecule has 0 aliphatic heterocycles. The summed E-state index contributed by atoms with van der Waals surface area (Å²) in [6.45, 7) is 0. The lowest BCUT2D eigenvalue weighted by Crippen LogP contribution is -2.13. The fourth-order valence-corrected chi connectivity index (χ4v) is 2.11. The van der Waals surface area contributed by atoms with Gasteiger partial charge >= 0.3 is 0 Å². The molecule has 2 aromatic rings. The standard InChI is InChI=1S/C13H8BrF2NOS/c14-8-2-1-3-10(16)12(8)17-13(18)7-4-5-9(15)11(19)6-7/h1-6,19H,(H,17,18). The second kappa shape index (κ2) is 5.71. The molecule has 2 aromatic carbocycles. The van der Waals surface area contributed by atoms with Crippen molar-refractivity contribution in [3.63, 3.8) is 0 Å². The molecule has 0 saturated carbocycles. The monoisotopic (exact) mass is 343 g/mol. The third-order valence-electron chi connectivity index (χ3n) is 2.41. The Morgan fingerprint density at radius 1 is 1.16 bits per heavy atom. The minimum Gasteiger partial charge on any atom is -0.319 e. The summed E-state index contributed by atoms with van der Waals surface area (Å²) in [7, 11) is 0. The highest BCUT2D eigenvalue weighted by molar-refractivity contribution is 9.10. The first-order valence-electron chi connectivity index (χ1n) is 5.23. The highest BCUT2D eigenvalue weighted by Gasteiger charge is 2.13. The number of hydrogen-bond acceptors (Lipinski definition) is 2. The number of benzene rings is 2. The summed E-state index contributed by atoms with van der Waals surface area (Å²) >= 11 is 7.04. The third kappa shape index (κ3) is 3.13. The first kappa shape index (κ1) is 14.0. The first-order chi connectivity index (χ1) is 8.99. The number of carbonyl (C=O) groups excluding carboxylic acids is 1. The number of halogens is 3. The van der Waals surface area contributed by atoms with E-state index in [1.165, 1.54) is 24.3 Å². The average Bonchev–Trinajstić information content (AvgIpc) is 2.37. The first-order valence-corrected chi connectivity index (χ1v) is 6.47. The normalized spacial score (nSPS) is 10.3. The molecular weight excluding hydrogens is 336 g/mol. The summed E-state index contributed by atoms with van der Waals surface area (Å²) < 4.78 is 27.0. The highest BCUT2D eigenvalue weighted by Crippen LogP contribution is 2.26. The van der Waals surface area contributed by atoms with Gasteiger partial charge in [0.1, 0.15) is 11.6 Å². The molecule has 0 bridgehead atoms. The Hall–Kier alpha value is -1.40. The van der Waals surface area contributed by atoms with Crippen LogP contribution in [0.2, 0.25) is 0 Å². The molecule has 0 spiro atoms. The van der Waals surface area contributed by atoms with E-state index in [4.69, 9.17) is 0 Å². The summed E-state index contributed by atoms with van der Waals surface area (Å²) in [5.74, 6) is -1.62. The molecule has 1 amide bonds. The zero-order valence-corrected chi connectivity index (χ0v) is 11.9. The quantitative estimate of drug-likeness (QED) is 0.783. The summed E-state index contributed by atoms with van der Waals surface area (Å²) in [5, 5.41) is 2.42. The van der Waals surface area contributed by atoms with Gasteiger partial charge in [0, 0.05) is 14.9 Å². The van der Waals surface area contributed by atoms with Crippen LogP contribution in [0, 0.1) is 11.6 Å². The summed E-state index contributed by atoms with van der Waals surface area (Å²) in [4.78, 5) is 12.0.